The Kier molecular flexibility index (Phi) is 6.29. The monoisotopic (exact) mass is 319 g/mol. The molecule has 0 aliphatic carbocycles. The summed E-state index contributed by atoms with van der Waals surface area (Å²) in [4.78, 5) is 44.4. The quantitative estimate of drug-likeness (QED) is 0.382. The Morgan fingerprint density at radius 3 is 1.73 bits per heavy atom. The third-order valence-electron chi connectivity index (χ3n) is 2.60. The van der Waals surface area contributed by atoms with Crippen LogP contribution in [0.5, 0.6) is 0 Å². The first-order valence-corrected chi connectivity index (χ1v) is 6.51. The van der Waals surface area contributed by atoms with Crippen LogP contribution in [0.25, 0.3) is 0 Å². The summed E-state index contributed by atoms with van der Waals surface area (Å²) >= 11 is 0. The normalized spacial score (nSPS) is 26.9. The molecule has 0 aromatic heterocycles. The molecule has 124 valence electrons. The van der Waals surface area contributed by atoms with Gasteiger partial charge in [-0.25, -0.2) is 0 Å². The highest BCUT2D eigenvalue weighted by atomic mass is 16.8. The van der Waals surface area contributed by atoms with Crippen LogP contribution in [0.15, 0.2) is 0 Å². The van der Waals surface area contributed by atoms with Crippen LogP contribution < -0.4 is 0 Å². The van der Waals surface area contributed by atoms with Gasteiger partial charge in [-0.2, -0.15) is 0 Å². The van der Waals surface area contributed by atoms with Crippen LogP contribution >= 0.6 is 0 Å². The van der Waals surface area contributed by atoms with Crippen molar-refractivity contribution in [3.05, 3.63) is 0 Å². The second kappa shape index (κ2) is 7.74. The van der Waals surface area contributed by atoms with E-state index in [0.29, 0.717) is 0 Å². The first-order chi connectivity index (χ1) is 10.2. The fraction of sp³-hybridized carbons (Fsp3) is 0.692. The molecule has 1 saturated heterocycles. The van der Waals surface area contributed by atoms with Gasteiger partial charge in [0.2, 0.25) is 12.4 Å². The molecule has 0 amide bonds. The lowest BCUT2D eigenvalue weighted by atomic mass is 10.2. The van der Waals surface area contributed by atoms with E-state index in [9.17, 15) is 19.2 Å². The summed E-state index contributed by atoms with van der Waals surface area (Å²) in [7, 11) is 0. The van der Waals surface area contributed by atoms with Gasteiger partial charge in [0, 0.05) is 27.7 Å². The highest BCUT2D eigenvalue weighted by Crippen LogP contribution is 2.28. The molecule has 9 nitrogen and oxygen atoms in total. The molecule has 1 aliphatic rings. The molecule has 22 heavy (non-hydrogen) atoms. The van der Waals surface area contributed by atoms with E-state index in [1.54, 1.807) is 0 Å². The molecule has 1 rings (SSSR count). The Bertz CT molecular complexity index is 458. The fourth-order valence-electron chi connectivity index (χ4n) is 1.93. The maximum absolute atomic E-state index is 11.2. The van der Waals surface area contributed by atoms with Crippen LogP contribution in [0.1, 0.15) is 27.7 Å². The molecule has 9 heteroatoms. The highest BCUT2D eigenvalue weighted by molar-refractivity contribution is 5.68. The van der Waals surface area contributed by atoms with Gasteiger partial charge >= 0.3 is 23.9 Å². The van der Waals surface area contributed by atoms with Crippen molar-refractivity contribution in [3.8, 4) is 0 Å². The van der Waals surface area contributed by atoms with E-state index in [4.69, 9.17) is 23.7 Å². The van der Waals surface area contributed by atoms with Crippen LogP contribution in [0.4, 0.5) is 0 Å². The average molecular weight is 319 g/mol. The van der Waals surface area contributed by atoms with E-state index in [2.05, 4.69) is 0 Å². The summed E-state index contributed by atoms with van der Waals surface area (Å²) in [5.74, 6) is -2.56. The minimum atomic E-state index is -1.26. The van der Waals surface area contributed by atoms with Crippen molar-refractivity contribution in [2.75, 3.05) is 6.61 Å². The van der Waals surface area contributed by atoms with Crippen LogP contribution in [0.3, 0.4) is 0 Å². The van der Waals surface area contributed by atoms with Crippen LogP contribution in [0, 0.1) is 0 Å². The SMILES string of the molecule is CC(=O)OC[C@H]1O[13C@H](OC(C)=O)[C@H](OC(C)=O)[C@@H]1OC(C)=O. The Morgan fingerprint density at radius 2 is 1.27 bits per heavy atom. The minimum absolute atomic E-state index is 0.247. The Balaban J connectivity index is 2.94. The average Bonchev–Trinajstić information content (AvgIpc) is 2.63. The molecular weight excluding hydrogens is 301 g/mol. The zero-order chi connectivity index (χ0) is 16.9. The number of hydrogen-bond acceptors (Lipinski definition) is 9. The van der Waals surface area contributed by atoms with Crippen molar-refractivity contribution >= 4 is 23.9 Å². The van der Waals surface area contributed by atoms with E-state index in [0.717, 1.165) is 20.8 Å². The summed E-state index contributed by atoms with van der Waals surface area (Å²) in [5, 5.41) is 0. The van der Waals surface area contributed by atoms with E-state index >= 15 is 0 Å². The molecule has 0 N–H and O–H groups in total. The molecule has 0 aromatic rings. The first-order valence-electron chi connectivity index (χ1n) is 6.51. The van der Waals surface area contributed by atoms with Crippen molar-refractivity contribution < 1.29 is 42.9 Å². The predicted octanol–water partition coefficient (Wildman–Crippen LogP) is -0.299. The van der Waals surface area contributed by atoms with Gasteiger partial charge < -0.3 is 23.7 Å². The molecule has 0 aromatic carbocycles. The molecule has 0 radical (unpaired) electrons. The standard InChI is InChI=1S/C13H18O9/c1-6(14)18-5-10-11(19-7(2)15)12(20-8(3)16)13(22-10)21-9(4)17/h10-13H,5H2,1-4H3/t10-,11-,12-,13+/m1/s1/i13+1. The maximum atomic E-state index is 11.2. The van der Waals surface area contributed by atoms with E-state index in [1.807, 2.05) is 0 Å². The van der Waals surface area contributed by atoms with Crippen LogP contribution in [-0.4, -0.2) is 55.1 Å². The summed E-state index contributed by atoms with van der Waals surface area (Å²) < 4.78 is 25.2. The third-order valence-corrected chi connectivity index (χ3v) is 2.60. The topological polar surface area (TPSA) is 114 Å². The van der Waals surface area contributed by atoms with Gasteiger partial charge in [-0.3, -0.25) is 19.2 Å². The molecule has 1 heterocycles. The zero-order valence-corrected chi connectivity index (χ0v) is 12.7. The van der Waals surface area contributed by atoms with Crippen molar-refractivity contribution in [2.45, 2.75) is 52.3 Å². The smallest absolute Gasteiger partial charge is 0.305 e. The Labute approximate surface area is 126 Å². The van der Waals surface area contributed by atoms with Gasteiger partial charge in [0.15, 0.2) is 6.10 Å². The number of hydrogen-bond donors (Lipinski definition) is 0. The molecule has 1 fully saturated rings. The van der Waals surface area contributed by atoms with E-state index in [1.165, 1.54) is 6.92 Å². The van der Waals surface area contributed by atoms with Gasteiger partial charge in [-0.15, -0.1) is 0 Å². The van der Waals surface area contributed by atoms with E-state index in [-0.39, 0.29) is 6.61 Å². The largest absolute Gasteiger partial charge is 0.463 e. The highest BCUT2D eigenvalue weighted by Gasteiger charge is 2.51. The minimum Gasteiger partial charge on any atom is -0.463 e. The number of rotatable bonds is 5. The van der Waals surface area contributed by atoms with Crippen molar-refractivity contribution in [1.29, 1.82) is 0 Å². The molecule has 0 bridgehead atoms. The lowest BCUT2D eigenvalue weighted by molar-refractivity contribution is -0.197. The zero-order valence-electron chi connectivity index (χ0n) is 12.7. The predicted molar refractivity (Wildman–Crippen MR) is 68.2 cm³/mol. The van der Waals surface area contributed by atoms with Gasteiger partial charge in [-0.1, -0.05) is 0 Å². The molecule has 4 atom stereocenters. The number of carbonyl (C=O) groups is 4. The van der Waals surface area contributed by atoms with Crippen molar-refractivity contribution in [1.82, 2.24) is 0 Å². The second-order valence-corrected chi connectivity index (χ2v) is 4.60. The van der Waals surface area contributed by atoms with Gasteiger partial charge in [0.25, 0.3) is 0 Å². The molecular formula is C13H18O9. The van der Waals surface area contributed by atoms with E-state index < -0.39 is 48.5 Å². The Morgan fingerprint density at radius 1 is 0.773 bits per heavy atom. The summed E-state index contributed by atoms with van der Waals surface area (Å²) in [6, 6.07) is 0. The van der Waals surface area contributed by atoms with Crippen LogP contribution in [-0.2, 0) is 42.9 Å². The molecule has 0 unspecified atom stereocenters. The van der Waals surface area contributed by atoms with Gasteiger partial charge in [-0.05, 0) is 0 Å². The number of esters is 4. The first kappa shape index (κ1) is 17.9. The second-order valence-electron chi connectivity index (χ2n) is 4.60. The van der Waals surface area contributed by atoms with Gasteiger partial charge in [0.1, 0.15) is 12.7 Å². The molecule has 1 aliphatic heterocycles. The van der Waals surface area contributed by atoms with Crippen molar-refractivity contribution in [3.63, 3.8) is 0 Å². The lowest BCUT2D eigenvalue weighted by Gasteiger charge is -2.22. The van der Waals surface area contributed by atoms with Gasteiger partial charge in [0.05, 0.1) is 0 Å². The fourth-order valence-corrected chi connectivity index (χ4v) is 1.93. The summed E-state index contributed by atoms with van der Waals surface area (Å²) in [6.07, 6.45) is -4.40. The molecule has 0 saturated carbocycles. The van der Waals surface area contributed by atoms with Crippen molar-refractivity contribution in [2.24, 2.45) is 0 Å². The summed E-state index contributed by atoms with van der Waals surface area (Å²) in [5.41, 5.74) is 0. The maximum Gasteiger partial charge on any atom is 0.305 e. The third kappa shape index (κ3) is 5.32. The van der Waals surface area contributed by atoms with Crippen LogP contribution in [0.2, 0.25) is 0 Å². The Hall–Kier alpha value is -2.16. The molecule has 0 spiro atoms. The number of carbonyl (C=O) groups excluding carboxylic acids is 4. The number of ether oxygens (including phenoxy) is 5. The summed E-state index contributed by atoms with van der Waals surface area (Å²) in [6.45, 7) is 4.40. The lowest BCUT2D eigenvalue weighted by Crippen LogP contribution is -2.42.